The summed E-state index contributed by atoms with van der Waals surface area (Å²) in [7, 11) is 0. The minimum atomic E-state index is -1.35. The minimum Gasteiger partial charge on any atom is -1.00 e. The van der Waals surface area contributed by atoms with Crippen LogP contribution in [0.3, 0.4) is 0 Å². The molecule has 10 heteroatoms. The Bertz CT molecular complexity index is 854. The van der Waals surface area contributed by atoms with E-state index in [9.17, 15) is 9.90 Å². The van der Waals surface area contributed by atoms with Crippen LogP contribution in [0.15, 0.2) is 10.8 Å². The number of carbonyl (C=O) groups is 1. The van der Waals surface area contributed by atoms with Gasteiger partial charge in [-0.2, -0.15) is 0 Å². The maximum atomic E-state index is 10.6. The molecule has 2 aromatic rings. The van der Waals surface area contributed by atoms with Crippen LogP contribution in [0.1, 0.15) is 28.7 Å². The Kier molecular flexibility index (Phi) is 16.1. The van der Waals surface area contributed by atoms with Gasteiger partial charge in [0.1, 0.15) is 0 Å². The monoisotopic (exact) mass is 458 g/mol. The number of hydrogen-bond donors (Lipinski definition) is 1. The number of carbonyl (C=O) groups excluding carboxylic acids is 1. The van der Waals surface area contributed by atoms with Gasteiger partial charge in [-0.3, -0.25) is 4.79 Å². The van der Waals surface area contributed by atoms with Crippen molar-refractivity contribution in [2.45, 2.75) is 19.4 Å². The first-order chi connectivity index (χ1) is 11.3. The van der Waals surface area contributed by atoms with Gasteiger partial charge in [-0.05, 0) is 6.92 Å². The van der Waals surface area contributed by atoms with Crippen molar-refractivity contribution in [3.8, 4) is 18.8 Å². The molecule has 0 saturated carbocycles. The molecule has 0 aliphatic rings. The van der Waals surface area contributed by atoms with Crippen LogP contribution in [0.5, 0.6) is 0 Å². The second kappa shape index (κ2) is 14.4. The molecular weight excluding hydrogens is 449 g/mol. The second-order valence-corrected chi connectivity index (χ2v) is 5.73. The molecule has 128 valence electrons. The number of rotatable bonds is 2. The quantitative estimate of drug-likeness (QED) is 0.303. The zero-order chi connectivity index (χ0) is 18.8. The third-order valence-electron chi connectivity index (χ3n) is 2.21. The first-order valence-electron chi connectivity index (χ1n) is 6.00. The molecular formula is C16H11BrMgN4O2S2. The SMILES string of the molecule is [Br-].[C-]#C.[C-]#[N+]c1csc(C(C)(O)C#C)n1.[C-]#[N+]c1csc(C(C)=O)n1.[Mg+2]. The summed E-state index contributed by atoms with van der Waals surface area (Å²) < 4.78 is 0. The second-order valence-electron chi connectivity index (χ2n) is 4.02. The molecule has 0 aromatic carbocycles. The number of aliphatic hydroxyl groups is 1. The topological polar surface area (TPSA) is 71.8 Å². The number of aromatic nitrogens is 2. The third kappa shape index (κ3) is 9.08. The van der Waals surface area contributed by atoms with Crippen LogP contribution in [0.2, 0.25) is 0 Å². The summed E-state index contributed by atoms with van der Waals surface area (Å²) in [4.78, 5) is 24.4. The standard InChI is InChI=1S/C8H6N2OS.C6H4N2OS.C2H.BrH.Mg/c1-4-8(2,11)7-10-6(9-3)5-12-7;1-4(9)6-8-5(7-2)3-10-6;1-2;;/h1,5,11H,2H3;3H,1H3;1H;1H;/q;;-1;;+2/p-1. The van der Waals surface area contributed by atoms with E-state index >= 15 is 0 Å². The summed E-state index contributed by atoms with van der Waals surface area (Å²) in [5, 5.41) is 13.4. The molecule has 26 heavy (non-hydrogen) atoms. The van der Waals surface area contributed by atoms with E-state index in [0.717, 1.165) is 0 Å². The predicted molar refractivity (Wildman–Crippen MR) is 99.1 cm³/mol. The molecule has 0 aliphatic carbocycles. The van der Waals surface area contributed by atoms with E-state index in [0.29, 0.717) is 15.8 Å². The van der Waals surface area contributed by atoms with Gasteiger partial charge in [0.05, 0.1) is 0 Å². The molecule has 0 spiro atoms. The minimum absolute atomic E-state index is 0. The molecule has 0 radical (unpaired) electrons. The Morgan fingerprint density at radius 3 is 2.00 bits per heavy atom. The van der Waals surface area contributed by atoms with Gasteiger partial charge in [-0.1, -0.05) is 19.1 Å². The summed E-state index contributed by atoms with van der Waals surface area (Å²) in [6.45, 7) is 16.1. The summed E-state index contributed by atoms with van der Waals surface area (Å²) in [6.07, 6.45) is 14.1. The molecule has 1 N–H and O–H groups in total. The van der Waals surface area contributed by atoms with E-state index in [-0.39, 0.29) is 51.6 Å². The third-order valence-corrected chi connectivity index (χ3v) is 4.18. The van der Waals surface area contributed by atoms with Crippen LogP contribution in [0, 0.1) is 38.3 Å². The summed E-state index contributed by atoms with van der Waals surface area (Å²) >= 11 is 2.40. The van der Waals surface area contributed by atoms with Crippen LogP contribution in [0.4, 0.5) is 11.6 Å². The zero-order valence-electron chi connectivity index (χ0n) is 13.9. The van der Waals surface area contributed by atoms with Gasteiger partial charge >= 0.3 is 23.1 Å². The number of terminal acetylenes is 2. The Morgan fingerprint density at radius 2 is 1.69 bits per heavy atom. The van der Waals surface area contributed by atoms with E-state index in [1.807, 2.05) is 0 Å². The van der Waals surface area contributed by atoms with E-state index in [1.54, 1.807) is 10.8 Å². The Morgan fingerprint density at radius 1 is 1.23 bits per heavy atom. The van der Waals surface area contributed by atoms with Crippen LogP contribution in [-0.4, -0.2) is 43.9 Å². The fourth-order valence-corrected chi connectivity index (χ4v) is 2.47. The molecule has 2 rings (SSSR count). The Balaban J connectivity index is -0.000000350. The number of thiazole rings is 2. The molecule has 6 nitrogen and oxygen atoms in total. The maximum Gasteiger partial charge on any atom is 2.00 e. The van der Waals surface area contributed by atoms with Crippen LogP contribution in [-0.2, 0) is 5.60 Å². The molecule has 1 atom stereocenters. The van der Waals surface area contributed by atoms with Crippen molar-refractivity contribution in [3.63, 3.8) is 0 Å². The number of nitrogens with zero attached hydrogens (tertiary/aromatic N) is 4. The van der Waals surface area contributed by atoms with Crippen LogP contribution >= 0.6 is 22.7 Å². The number of ketones is 1. The maximum absolute atomic E-state index is 10.6. The molecule has 0 aliphatic heterocycles. The van der Waals surface area contributed by atoms with Gasteiger partial charge in [0.2, 0.25) is 15.8 Å². The molecule has 0 amide bonds. The molecule has 2 aromatic heterocycles. The molecule has 0 saturated heterocycles. The Hall–Kier alpha value is -1.76. The largest absolute Gasteiger partial charge is 2.00 e. The fraction of sp³-hybridized carbons (Fsp3) is 0.188. The van der Waals surface area contributed by atoms with E-state index in [2.05, 4.69) is 32.0 Å². The van der Waals surface area contributed by atoms with E-state index < -0.39 is 5.60 Å². The zero-order valence-corrected chi connectivity index (χ0v) is 18.5. The molecule has 0 bridgehead atoms. The first kappa shape index (κ1) is 29.0. The normalized spacial score (nSPS) is 10.1. The van der Waals surface area contributed by atoms with Crippen molar-refractivity contribution < 1.29 is 26.9 Å². The van der Waals surface area contributed by atoms with Crippen molar-refractivity contribution >= 4 is 63.1 Å². The van der Waals surface area contributed by atoms with Crippen LogP contribution < -0.4 is 17.0 Å². The fourth-order valence-electron chi connectivity index (χ4n) is 1.08. The average Bonchev–Trinajstić information content (AvgIpc) is 3.26. The molecule has 0 fully saturated rings. The predicted octanol–water partition coefficient (Wildman–Crippen LogP) is 0.260. The molecule has 2 heterocycles. The van der Waals surface area contributed by atoms with Crippen molar-refractivity contribution in [1.29, 1.82) is 0 Å². The van der Waals surface area contributed by atoms with Gasteiger partial charge in [0.15, 0.2) is 5.60 Å². The summed E-state index contributed by atoms with van der Waals surface area (Å²) in [5.41, 5.74) is -1.35. The van der Waals surface area contributed by atoms with E-state index in [4.69, 9.17) is 26.0 Å². The van der Waals surface area contributed by atoms with Gasteiger partial charge < -0.3 is 44.6 Å². The van der Waals surface area contributed by atoms with Crippen molar-refractivity contribution in [3.05, 3.63) is 50.0 Å². The molecule has 1 unspecified atom stereocenters. The van der Waals surface area contributed by atoms with Gasteiger partial charge in [0.25, 0.3) is 11.6 Å². The smallest absolute Gasteiger partial charge is 1.00 e. The summed E-state index contributed by atoms with van der Waals surface area (Å²) in [5.74, 6) is 2.68. The summed E-state index contributed by atoms with van der Waals surface area (Å²) in [6, 6.07) is 0. The van der Waals surface area contributed by atoms with Gasteiger partial charge in [-0.25, -0.2) is 0 Å². The van der Waals surface area contributed by atoms with Gasteiger partial charge in [-0.15, -0.1) is 39.1 Å². The van der Waals surface area contributed by atoms with E-state index in [1.165, 1.54) is 36.5 Å². The van der Waals surface area contributed by atoms with Gasteiger partial charge in [0, 0.05) is 17.7 Å². The number of Topliss-reactive ketones (excluding diaryl/α,β-unsaturated/α-hetero) is 1. The number of halogens is 1. The average molecular weight is 460 g/mol. The van der Waals surface area contributed by atoms with Crippen molar-refractivity contribution in [1.82, 2.24) is 9.97 Å². The van der Waals surface area contributed by atoms with Crippen molar-refractivity contribution in [2.75, 3.05) is 0 Å². The van der Waals surface area contributed by atoms with Crippen molar-refractivity contribution in [2.24, 2.45) is 0 Å². The Labute approximate surface area is 187 Å². The van der Waals surface area contributed by atoms with Crippen LogP contribution in [0.25, 0.3) is 9.69 Å². The first-order valence-corrected chi connectivity index (χ1v) is 7.76. The number of hydrogen-bond acceptors (Lipinski definition) is 6.